The second-order valence-corrected chi connectivity index (χ2v) is 10.5. The van der Waals surface area contributed by atoms with Gasteiger partial charge in [-0.3, -0.25) is 9.13 Å². The van der Waals surface area contributed by atoms with E-state index in [0.717, 1.165) is 52.1 Å². The maximum absolute atomic E-state index is 5.13. The van der Waals surface area contributed by atoms with Gasteiger partial charge in [0, 0.05) is 45.4 Å². The second-order valence-electron chi connectivity index (χ2n) is 10.5. The fraction of sp³-hybridized carbons (Fsp3) is 0.156. The van der Waals surface area contributed by atoms with E-state index in [-0.39, 0.29) is 5.41 Å². The van der Waals surface area contributed by atoms with Gasteiger partial charge in [-0.25, -0.2) is 15.0 Å². The number of pyridine rings is 2. The van der Waals surface area contributed by atoms with Gasteiger partial charge in [-0.15, -0.1) is 0 Å². The van der Waals surface area contributed by atoms with Crippen LogP contribution >= 0.6 is 0 Å². The van der Waals surface area contributed by atoms with Crippen molar-refractivity contribution in [3.8, 4) is 17.2 Å². The number of aromatic nitrogens is 5. The smallest absolute Gasteiger partial charge is 0.147 e. The van der Waals surface area contributed by atoms with Gasteiger partial charge in [-0.05, 0) is 54.8 Å². The highest BCUT2D eigenvalue weighted by molar-refractivity contribution is 6.10. The topological polar surface area (TPSA) is 48.5 Å². The zero-order valence-corrected chi connectivity index (χ0v) is 20.8. The quantitative estimate of drug-likeness (QED) is 0.260. The third kappa shape index (κ3) is 2.71. The Morgan fingerprint density at radius 2 is 1.73 bits per heavy atom. The molecule has 4 aromatic heterocycles. The van der Waals surface area contributed by atoms with E-state index in [0.29, 0.717) is 0 Å². The molecular formula is C32H25N5. The number of hydrogen-bond donors (Lipinski definition) is 0. The van der Waals surface area contributed by atoms with Crippen molar-refractivity contribution in [1.29, 1.82) is 0 Å². The van der Waals surface area contributed by atoms with Gasteiger partial charge in [0.05, 0.1) is 16.6 Å². The number of rotatable bonds is 2. The van der Waals surface area contributed by atoms with E-state index in [1.807, 2.05) is 18.5 Å². The molecule has 2 aliphatic rings. The summed E-state index contributed by atoms with van der Waals surface area (Å²) >= 11 is 0. The van der Waals surface area contributed by atoms with Crippen LogP contribution in [0.3, 0.4) is 0 Å². The van der Waals surface area contributed by atoms with E-state index in [2.05, 4.69) is 95.8 Å². The van der Waals surface area contributed by atoms with Crippen LogP contribution in [0.4, 0.5) is 0 Å². The van der Waals surface area contributed by atoms with Gasteiger partial charge < -0.3 is 0 Å². The van der Waals surface area contributed by atoms with E-state index in [4.69, 9.17) is 15.0 Å². The molecule has 178 valence electrons. The van der Waals surface area contributed by atoms with Crippen molar-refractivity contribution in [3.63, 3.8) is 0 Å². The Kier molecular flexibility index (Phi) is 4.06. The lowest BCUT2D eigenvalue weighted by atomic mass is 9.75. The Balaban J connectivity index is 1.43. The van der Waals surface area contributed by atoms with Gasteiger partial charge in [0.2, 0.25) is 0 Å². The standard InChI is InChI=1S/C32H25N5/c1-32(2)24-14-8-12-22-23-13-9-17-33-30(23)37(28(22)24)31-25(32)18-20(19-34-31)29-35-26-15-6-7-16-27(26)36(29)21-10-4-3-5-11-21/h4,6-19H,3,5H2,1-2H3. The highest BCUT2D eigenvalue weighted by atomic mass is 15.1. The molecule has 6 aromatic rings. The van der Waals surface area contributed by atoms with Crippen molar-refractivity contribution < 1.29 is 0 Å². The molecule has 0 saturated carbocycles. The predicted molar refractivity (Wildman–Crippen MR) is 150 cm³/mol. The van der Waals surface area contributed by atoms with Gasteiger partial charge in [0.1, 0.15) is 17.3 Å². The van der Waals surface area contributed by atoms with Crippen LogP contribution in [0.15, 0.2) is 91.3 Å². The Bertz CT molecular complexity index is 1960. The largest absolute Gasteiger partial charge is 0.293 e. The fourth-order valence-corrected chi connectivity index (χ4v) is 6.21. The van der Waals surface area contributed by atoms with E-state index >= 15 is 0 Å². The van der Waals surface area contributed by atoms with Crippen LogP contribution < -0.4 is 0 Å². The average Bonchev–Trinajstić information content (AvgIpc) is 3.49. The molecule has 37 heavy (non-hydrogen) atoms. The van der Waals surface area contributed by atoms with Gasteiger partial charge in [0.25, 0.3) is 0 Å². The van der Waals surface area contributed by atoms with Crippen molar-refractivity contribution in [2.75, 3.05) is 0 Å². The summed E-state index contributed by atoms with van der Waals surface area (Å²) in [6.45, 7) is 4.60. The van der Waals surface area contributed by atoms with Crippen LogP contribution in [0.2, 0.25) is 0 Å². The summed E-state index contributed by atoms with van der Waals surface area (Å²) in [7, 11) is 0. The van der Waals surface area contributed by atoms with Gasteiger partial charge in [-0.2, -0.15) is 0 Å². The monoisotopic (exact) mass is 479 g/mol. The first-order valence-corrected chi connectivity index (χ1v) is 12.9. The van der Waals surface area contributed by atoms with E-state index in [1.54, 1.807) is 0 Å². The third-order valence-corrected chi connectivity index (χ3v) is 8.03. The van der Waals surface area contributed by atoms with Crippen LogP contribution in [-0.2, 0) is 5.41 Å². The predicted octanol–water partition coefficient (Wildman–Crippen LogP) is 7.42. The highest BCUT2D eigenvalue weighted by Crippen LogP contribution is 2.47. The number of allylic oxidation sites excluding steroid dienone is 4. The molecule has 0 radical (unpaired) electrons. The van der Waals surface area contributed by atoms with Crippen LogP contribution in [0, 0.1) is 0 Å². The van der Waals surface area contributed by atoms with Crippen LogP contribution in [0.25, 0.3) is 55.9 Å². The van der Waals surface area contributed by atoms with Crippen LogP contribution in [-0.4, -0.2) is 24.1 Å². The first-order chi connectivity index (χ1) is 18.1. The number of para-hydroxylation sites is 3. The number of fused-ring (bicyclic) bond motifs is 6. The summed E-state index contributed by atoms with van der Waals surface area (Å²) in [4.78, 5) is 15.0. The lowest BCUT2D eigenvalue weighted by Gasteiger charge is -2.34. The average molecular weight is 480 g/mol. The molecule has 8 rings (SSSR count). The molecule has 0 fully saturated rings. The number of imidazole rings is 1. The zero-order valence-electron chi connectivity index (χ0n) is 20.8. The summed E-state index contributed by atoms with van der Waals surface area (Å²) in [6.07, 6.45) is 12.7. The second kappa shape index (κ2) is 7.26. The van der Waals surface area contributed by atoms with Crippen LogP contribution in [0.5, 0.6) is 0 Å². The van der Waals surface area contributed by atoms with Gasteiger partial charge in [0.15, 0.2) is 0 Å². The van der Waals surface area contributed by atoms with Crippen molar-refractivity contribution in [3.05, 3.63) is 102 Å². The Hall–Kier alpha value is -4.51. The molecule has 0 unspecified atom stereocenters. The lowest BCUT2D eigenvalue weighted by Crippen LogP contribution is -2.27. The van der Waals surface area contributed by atoms with Crippen LogP contribution in [0.1, 0.15) is 37.8 Å². The van der Waals surface area contributed by atoms with Gasteiger partial charge >= 0.3 is 0 Å². The van der Waals surface area contributed by atoms with Crippen molar-refractivity contribution >= 4 is 38.7 Å². The normalized spacial score (nSPS) is 15.9. The molecular weight excluding hydrogens is 454 g/mol. The molecule has 0 N–H and O–H groups in total. The fourth-order valence-electron chi connectivity index (χ4n) is 6.21. The summed E-state index contributed by atoms with van der Waals surface area (Å²) in [5, 5.41) is 2.38. The van der Waals surface area contributed by atoms with E-state index in [9.17, 15) is 0 Å². The molecule has 5 heteroatoms. The minimum atomic E-state index is -0.233. The molecule has 0 saturated heterocycles. The van der Waals surface area contributed by atoms with E-state index < -0.39 is 0 Å². The summed E-state index contributed by atoms with van der Waals surface area (Å²) < 4.78 is 4.53. The molecule has 2 aromatic carbocycles. The number of hydrogen-bond acceptors (Lipinski definition) is 3. The molecule has 1 aliphatic heterocycles. The first kappa shape index (κ1) is 20.7. The molecule has 0 spiro atoms. The zero-order chi connectivity index (χ0) is 24.7. The minimum Gasteiger partial charge on any atom is -0.293 e. The number of nitrogens with zero attached hydrogens (tertiary/aromatic N) is 5. The molecule has 5 nitrogen and oxygen atoms in total. The molecule has 0 amide bonds. The molecule has 1 aliphatic carbocycles. The minimum absolute atomic E-state index is 0.233. The Labute approximate surface area is 214 Å². The highest BCUT2D eigenvalue weighted by Gasteiger charge is 2.36. The molecule has 0 atom stereocenters. The van der Waals surface area contributed by atoms with Crippen molar-refractivity contribution in [2.24, 2.45) is 0 Å². The number of benzene rings is 2. The van der Waals surface area contributed by atoms with Crippen molar-refractivity contribution in [1.82, 2.24) is 24.1 Å². The van der Waals surface area contributed by atoms with Gasteiger partial charge in [-0.1, -0.05) is 56.3 Å². The SMILES string of the molecule is CC1(C)c2cc(-c3nc4ccccc4n3C3=CCCC=C3)cnc2-n2c3ncccc3c3cccc1c32. The Morgan fingerprint density at radius 3 is 2.62 bits per heavy atom. The maximum Gasteiger partial charge on any atom is 0.147 e. The molecule has 5 heterocycles. The maximum atomic E-state index is 5.13. The first-order valence-electron chi connectivity index (χ1n) is 12.9. The molecule has 0 bridgehead atoms. The summed E-state index contributed by atoms with van der Waals surface area (Å²) in [5.74, 6) is 1.87. The Morgan fingerprint density at radius 1 is 0.838 bits per heavy atom. The summed E-state index contributed by atoms with van der Waals surface area (Å²) in [6, 6.07) is 21.4. The van der Waals surface area contributed by atoms with Crippen molar-refractivity contribution in [2.45, 2.75) is 32.1 Å². The lowest BCUT2D eigenvalue weighted by molar-refractivity contribution is 0.624. The van der Waals surface area contributed by atoms with E-state index in [1.165, 1.54) is 27.7 Å². The summed E-state index contributed by atoms with van der Waals surface area (Å²) in [5.41, 5.74) is 8.68. The third-order valence-electron chi connectivity index (χ3n) is 8.03.